The van der Waals surface area contributed by atoms with E-state index in [1.165, 1.54) is 0 Å². The van der Waals surface area contributed by atoms with Crippen molar-refractivity contribution in [3.63, 3.8) is 0 Å². The van der Waals surface area contributed by atoms with Crippen LogP contribution in [0.2, 0.25) is 0 Å². The molecule has 1 aliphatic rings. The van der Waals surface area contributed by atoms with Gasteiger partial charge in [0.1, 0.15) is 0 Å². The topological polar surface area (TPSA) is 78.8 Å². The Balaban J connectivity index is 2.07. The Kier molecular flexibility index (Phi) is 3.40. The zero-order chi connectivity index (χ0) is 14.1. The lowest BCUT2D eigenvalue weighted by molar-refractivity contribution is 0.0708. The third kappa shape index (κ3) is 2.06. The van der Waals surface area contributed by atoms with Crippen molar-refractivity contribution in [2.75, 3.05) is 12.8 Å². The molecule has 20 heavy (non-hydrogen) atoms. The van der Waals surface area contributed by atoms with Crippen LogP contribution in [0.1, 0.15) is 30.9 Å². The summed E-state index contributed by atoms with van der Waals surface area (Å²) >= 11 is 0. The number of aromatic nitrogens is 4. The quantitative estimate of drug-likeness (QED) is 0.865. The third-order valence-electron chi connectivity index (χ3n) is 4.06. The maximum Gasteiger partial charge on any atom is 0.184 e. The highest BCUT2D eigenvalue weighted by Crippen LogP contribution is 2.35. The van der Waals surface area contributed by atoms with Gasteiger partial charge >= 0.3 is 0 Å². The van der Waals surface area contributed by atoms with Crippen LogP contribution >= 0.6 is 0 Å². The Labute approximate surface area is 117 Å². The number of rotatable bonds is 3. The number of anilines is 1. The van der Waals surface area contributed by atoms with Crippen molar-refractivity contribution in [3.8, 4) is 11.4 Å². The normalized spacial score (nSPS) is 22.3. The minimum absolute atomic E-state index is 0.169. The Hall–Kier alpha value is -1.95. The fraction of sp³-hybridized carbons (Fsp3) is 0.500. The van der Waals surface area contributed by atoms with Crippen molar-refractivity contribution in [1.29, 1.82) is 0 Å². The maximum atomic E-state index is 6.11. The molecule has 0 aliphatic heterocycles. The highest BCUT2D eigenvalue weighted by atomic mass is 16.5. The van der Waals surface area contributed by atoms with Gasteiger partial charge in [-0.25, -0.2) is 4.68 Å². The van der Waals surface area contributed by atoms with Crippen LogP contribution < -0.4 is 5.73 Å². The number of methoxy groups -OCH3 is 1. The van der Waals surface area contributed by atoms with Crippen molar-refractivity contribution in [3.05, 3.63) is 23.8 Å². The van der Waals surface area contributed by atoms with Gasteiger partial charge in [0.25, 0.3) is 0 Å². The van der Waals surface area contributed by atoms with Gasteiger partial charge in [0.15, 0.2) is 5.82 Å². The molecular weight excluding hydrogens is 254 g/mol. The minimum Gasteiger partial charge on any atom is -0.398 e. The van der Waals surface area contributed by atoms with E-state index in [4.69, 9.17) is 10.5 Å². The Morgan fingerprint density at radius 2 is 2.20 bits per heavy atom. The smallest absolute Gasteiger partial charge is 0.184 e. The fourth-order valence-corrected chi connectivity index (χ4v) is 3.04. The Bertz CT molecular complexity index is 589. The standard InChI is InChI=1S/C14H19N5O/c1-9-5-3-6-10(15)13(9)14-16-17-18-19(14)11-7-4-8-12(11)20-2/h3,5-6,11-12H,4,7-8,15H2,1-2H3. The molecule has 3 rings (SSSR count). The minimum atomic E-state index is 0.169. The summed E-state index contributed by atoms with van der Waals surface area (Å²) in [5.74, 6) is 0.731. The molecule has 1 heterocycles. The molecule has 2 N–H and O–H groups in total. The summed E-state index contributed by atoms with van der Waals surface area (Å²) in [4.78, 5) is 0. The van der Waals surface area contributed by atoms with Crippen LogP contribution in [0.4, 0.5) is 5.69 Å². The molecule has 0 spiro atoms. The van der Waals surface area contributed by atoms with E-state index in [2.05, 4.69) is 15.5 Å². The highest BCUT2D eigenvalue weighted by Gasteiger charge is 2.32. The molecule has 106 valence electrons. The second-order valence-electron chi connectivity index (χ2n) is 5.26. The number of tetrazole rings is 1. The third-order valence-corrected chi connectivity index (χ3v) is 4.06. The van der Waals surface area contributed by atoms with Crippen LogP contribution in [0.25, 0.3) is 11.4 Å². The van der Waals surface area contributed by atoms with Crippen LogP contribution in [0.15, 0.2) is 18.2 Å². The number of nitrogens with zero attached hydrogens (tertiary/aromatic N) is 4. The zero-order valence-corrected chi connectivity index (χ0v) is 11.8. The van der Waals surface area contributed by atoms with E-state index in [-0.39, 0.29) is 12.1 Å². The molecule has 1 fully saturated rings. The van der Waals surface area contributed by atoms with E-state index in [9.17, 15) is 0 Å². The lowest BCUT2D eigenvalue weighted by Crippen LogP contribution is -2.22. The Morgan fingerprint density at radius 3 is 2.95 bits per heavy atom. The monoisotopic (exact) mass is 273 g/mol. The van der Waals surface area contributed by atoms with E-state index < -0.39 is 0 Å². The molecule has 1 aromatic carbocycles. The predicted octanol–water partition coefficient (Wildman–Crippen LogP) is 1.97. The van der Waals surface area contributed by atoms with Gasteiger partial charge in [-0.05, 0) is 48.2 Å². The van der Waals surface area contributed by atoms with Crippen LogP contribution in [-0.4, -0.2) is 33.4 Å². The molecule has 0 saturated heterocycles. The lowest BCUT2D eigenvalue weighted by atomic mass is 10.1. The van der Waals surface area contributed by atoms with Crippen molar-refractivity contribution in [2.45, 2.75) is 38.3 Å². The van der Waals surface area contributed by atoms with Crippen LogP contribution in [0.3, 0.4) is 0 Å². The average Bonchev–Trinajstić information content (AvgIpc) is 3.06. The molecule has 0 radical (unpaired) electrons. The molecule has 1 aromatic heterocycles. The number of hydrogen-bond acceptors (Lipinski definition) is 5. The van der Waals surface area contributed by atoms with E-state index >= 15 is 0 Å². The molecule has 1 aliphatic carbocycles. The molecule has 2 unspecified atom stereocenters. The number of benzene rings is 1. The first-order valence-electron chi connectivity index (χ1n) is 6.88. The summed E-state index contributed by atoms with van der Waals surface area (Å²) in [5, 5.41) is 12.2. The number of hydrogen-bond donors (Lipinski definition) is 1. The first-order valence-corrected chi connectivity index (χ1v) is 6.88. The number of ether oxygens (including phenoxy) is 1. The second kappa shape index (κ2) is 5.20. The summed E-state index contributed by atoms with van der Waals surface area (Å²) < 4.78 is 7.43. The SMILES string of the molecule is COC1CCCC1n1nnnc1-c1c(C)cccc1N. The molecule has 1 saturated carbocycles. The largest absolute Gasteiger partial charge is 0.398 e. The van der Waals surface area contributed by atoms with Crippen LogP contribution in [0.5, 0.6) is 0 Å². The van der Waals surface area contributed by atoms with E-state index in [1.807, 2.05) is 29.8 Å². The second-order valence-corrected chi connectivity index (χ2v) is 5.26. The number of nitrogens with two attached hydrogens (primary N) is 1. The van der Waals surface area contributed by atoms with Gasteiger partial charge in [0.05, 0.1) is 12.1 Å². The lowest BCUT2D eigenvalue weighted by Gasteiger charge is -2.20. The van der Waals surface area contributed by atoms with Gasteiger partial charge in [0, 0.05) is 18.4 Å². The summed E-state index contributed by atoms with van der Waals surface area (Å²) in [6.07, 6.45) is 3.38. The number of nitrogen functional groups attached to an aromatic ring is 1. The van der Waals surface area contributed by atoms with Crippen molar-refractivity contribution < 1.29 is 4.74 Å². The average molecular weight is 273 g/mol. The maximum absolute atomic E-state index is 6.11. The zero-order valence-electron chi connectivity index (χ0n) is 11.8. The van der Waals surface area contributed by atoms with Crippen LogP contribution in [-0.2, 0) is 4.74 Å². The molecular formula is C14H19N5O. The van der Waals surface area contributed by atoms with Gasteiger partial charge in [-0.2, -0.15) is 0 Å². The van der Waals surface area contributed by atoms with E-state index in [1.54, 1.807) is 7.11 Å². The van der Waals surface area contributed by atoms with Crippen molar-refractivity contribution in [1.82, 2.24) is 20.2 Å². The fourth-order valence-electron chi connectivity index (χ4n) is 3.04. The number of aryl methyl sites for hydroxylation is 1. The molecule has 2 atom stereocenters. The highest BCUT2D eigenvalue weighted by molar-refractivity contribution is 5.74. The predicted molar refractivity (Wildman–Crippen MR) is 76.1 cm³/mol. The van der Waals surface area contributed by atoms with Gasteiger partial charge in [-0.1, -0.05) is 12.1 Å². The Morgan fingerprint density at radius 1 is 1.35 bits per heavy atom. The summed E-state index contributed by atoms with van der Waals surface area (Å²) in [6.45, 7) is 2.02. The molecule has 6 nitrogen and oxygen atoms in total. The van der Waals surface area contributed by atoms with Gasteiger partial charge in [0.2, 0.25) is 0 Å². The molecule has 0 bridgehead atoms. The van der Waals surface area contributed by atoms with Gasteiger partial charge in [-0.15, -0.1) is 5.10 Å². The van der Waals surface area contributed by atoms with Crippen molar-refractivity contribution >= 4 is 5.69 Å². The first-order chi connectivity index (χ1) is 9.72. The van der Waals surface area contributed by atoms with Gasteiger partial charge < -0.3 is 10.5 Å². The van der Waals surface area contributed by atoms with E-state index in [0.29, 0.717) is 5.69 Å². The van der Waals surface area contributed by atoms with Gasteiger partial charge in [-0.3, -0.25) is 0 Å². The summed E-state index contributed by atoms with van der Waals surface area (Å²) in [6, 6.07) is 6.02. The summed E-state index contributed by atoms with van der Waals surface area (Å²) in [7, 11) is 1.75. The van der Waals surface area contributed by atoms with Crippen LogP contribution in [0, 0.1) is 6.92 Å². The summed E-state index contributed by atoms with van der Waals surface area (Å²) in [5.41, 5.74) is 8.80. The molecule has 0 amide bonds. The van der Waals surface area contributed by atoms with E-state index in [0.717, 1.165) is 36.2 Å². The van der Waals surface area contributed by atoms with Crippen molar-refractivity contribution in [2.24, 2.45) is 0 Å². The molecule has 6 heteroatoms. The first kappa shape index (κ1) is 13.1. The molecule has 2 aromatic rings.